The average Bonchev–Trinajstić information content (AvgIpc) is 2.22. The number of nitrogens with two attached hydrogens (primary N) is 2. The second-order valence-corrected chi connectivity index (χ2v) is 3.49. The minimum atomic E-state index is -0.251. The van der Waals surface area contributed by atoms with Crippen LogP contribution in [0.25, 0.3) is 11.1 Å². The van der Waals surface area contributed by atoms with Gasteiger partial charge in [0.1, 0.15) is 11.6 Å². The van der Waals surface area contributed by atoms with Gasteiger partial charge in [-0.05, 0) is 30.2 Å². The molecule has 5 heteroatoms. The van der Waals surface area contributed by atoms with E-state index in [0.29, 0.717) is 16.9 Å². The van der Waals surface area contributed by atoms with Gasteiger partial charge in [0.05, 0.1) is 0 Å². The Bertz CT molecular complexity index is 540. The Morgan fingerprint density at radius 3 is 2.62 bits per heavy atom. The van der Waals surface area contributed by atoms with Crippen LogP contribution in [0.3, 0.4) is 0 Å². The van der Waals surface area contributed by atoms with Crippen LogP contribution in [-0.2, 0) is 0 Å². The maximum absolute atomic E-state index is 13.1. The van der Waals surface area contributed by atoms with Crippen molar-refractivity contribution < 1.29 is 4.39 Å². The monoisotopic (exact) mass is 218 g/mol. The molecular weight excluding hydrogens is 207 g/mol. The summed E-state index contributed by atoms with van der Waals surface area (Å²) in [7, 11) is 0. The summed E-state index contributed by atoms with van der Waals surface area (Å²) < 4.78 is 13.1. The number of rotatable bonds is 1. The first-order valence-electron chi connectivity index (χ1n) is 4.72. The maximum Gasteiger partial charge on any atom is 0.221 e. The summed E-state index contributed by atoms with van der Waals surface area (Å²) in [6, 6.07) is 4.72. The smallest absolute Gasteiger partial charge is 0.221 e. The molecule has 0 aliphatic carbocycles. The topological polar surface area (TPSA) is 77.8 Å². The minimum Gasteiger partial charge on any atom is -0.383 e. The number of nitrogens with zero attached hydrogens (tertiary/aromatic N) is 2. The summed E-state index contributed by atoms with van der Waals surface area (Å²) in [6.45, 7) is 1.69. The van der Waals surface area contributed by atoms with E-state index >= 15 is 0 Å². The van der Waals surface area contributed by atoms with E-state index in [4.69, 9.17) is 11.5 Å². The van der Waals surface area contributed by atoms with Crippen LogP contribution in [0.4, 0.5) is 16.2 Å². The van der Waals surface area contributed by atoms with E-state index in [9.17, 15) is 4.39 Å². The highest BCUT2D eigenvalue weighted by Crippen LogP contribution is 2.25. The first-order chi connectivity index (χ1) is 7.58. The number of hydrogen-bond donors (Lipinski definition) is 2. The summed E-state index contributed by atoms with van der Waals surface area (Å²) in [5.41, 5.74) is 13.1. The summed E-state index contributed by atoms with van der Waals surface area (Å²) in [5, 5.41) is 0. The molecule has 0 unspecified atom stereocenters. The standard InChI is InChI=1S/C11H11FN4/c1-6-4-7(2-3-9(6)12)8-5-15-11(14)16-10(8)13/h2-5H,1H3,(H4,13,14,15,16). The van der Waals surface area contributed by atoms with Crippen molar-refractivity contribution in [3.8, 4) is 11.1 Å². The normalized spacial score (nSPS) is 10.4. The first kappa shape index (κ1) is 10.4. The van der Waals surface area contributed by atoms with Gasteiger partial charge in [-0.25, -0.2) is 9.37 Å². The molecule has 0 radical (unpaired) electrons. The van der Waals surface area contributed by atoms with Crippen LogP contribution < -0.4 is 11.5 Å². The van der Waals surface area contributed by atoms with E-state index in [0.717, 1.165) is 5.56 Å². The van der Waals surface area contributed by atoms with Crippen molar-refractivity contribution in [3.63, 3.8) is 0 Å². The third kappa shape index (κ3) is 1.79. The van der Waals surface area contributed by atoms with Gasteiger partial charge in [0.2, 0.25) is 5.95 Å². The molecule has 0 saturated heterocycles. The predicted molar refractivity (Wildman–Crippen MR) is 61.0 cm³/mol. The molecule has 4 N–H and O–H groups in total. The molecule has 82 valence electrons. The van der Waals surface area contributed by atoms with Crippen LogP contribution in [0.5, 0.6) is 0 Å². The van der Waals surface area contributed by atoms with Crippen molar-refractivity contribution in [2.24, 2.45) is 0 Å². The highest BCUT2D eigenvalue weighted by molar-refractivity contribution is 5.73. The third-order valence-electron chi connectivity index (χ3n) is 2.31. The van der Waals surface area contributed by atoms with Crippen molar-refractivity contribution in [2.45, 2.75) is 6.92 Å². The molecule has 0 spiro atoms. The molecule has 0 fully saturated rings. The van der Waals surface area contributed by atoms with Gasteiger partial charge in [0.15, 0.2) is 0 Å². The van der Waals surface area contributed by atoms with Gasteiger partial charge in [0, 0.05) is 11.8 Å². The largest absolute Gasteiger partial charge is 0.383 e. The molecule has 0 amide bonds. The van der Waals surface area contributed by atoms with Crippen LogP contribution in [0.2, 0.25) is 0 Å². The number of aryl methyl sites for hydroxylation is 1. The molecule has 0 atom stereocenters. The summed E-state index contributed by atoms with van der Waals surface area (Å²) >= 11 is 0. The van der Waals surface area contributed by atoms with Gasteiger partial charge >= 0.3 is 0 Å². The molecule has 2 aromatic rings. The summed E-state index contributed by atoms with van der Waals surface area (Å²) in [4.78, 5) is 7.71. The highest BCUT2D eigenvalue weighted by Gasteiger charge is 2.07. The second-order valence-electron chi connectivity index (χ2n) is 3.49. The fraction of sp³-hybridized carbons (Fsp3) is 0.0909. The summed E-state index contributed by atoms with van der Waals surface area (Å²) in [6.07, 6.45) is 1.53. The lowest BCUT2D eigenvalue weighted by atomic mass is 10.1. The van der Waals surface area contributed by atoms with Crippen LogP contribution in [0.1, 0.15) is 5.56 Å². The Balaban J connectivity index is 2.54. The second kappa shape index (κ2) is 3.77. The van der Waals surface area contributed by atoms with E-state index in [1.54, 1.807) is 19.1 Å². The molecule has 4 nitrogen and oxygen atoms in total. The molecular formula is C11H11FN4. The van der Waals surface area contributed by atoms with Crippen LogP contribution in [-0.4, -0.2) is 9.97 Å². The van der Waals surface area contributed by atoms with Gasteiger partial charge in [-0.3, -0.25) is 0 Å². The molecule has 1 aromatic heterocycles. The van der Waals surface area contributed by atoms with Gasteiger partial charge in [-0.2, -0.15) is 4.98 Å². The predicted octanol–water partition coefficient (Wildman–Crippen LogP) is 1.76. The lowest BCUT2D eigenvalue weighted by Gasteiger charge is -2.06. The number of anilines is 2. The summed E-state index contributed by atoms with van der Waals surface area (Å²) in [5.74, 6) is 0.164. The van der Waals surface area contributed by atoms with Crippen LogP contribution in [0, 0.1) is 12.7 Å². The van der Waals surface area contributed by atoms with E-state index in [1.165, 1.54) is 12.3 Å². The van der Waals surface area contributed by atoms with E-state index in [1.807, 2.05) is 0 Å². The molecule has 0 bridgehead atoms. The lowest BCUT2D eigenvalue weighted by Crippen LogP contribution is -2.01. The number of benzene rings is 1. The van der Waals surface area contributed by atoms with Crippen molar-refractivity contribution in [1.82, 2.24) is 9.97 Å². The van der Waals surface area contributed by atoms with Crippen LogP contribution in [0.15, 0.2) is 24.4 Å². The molecule has 0 saturated carbocycles. The molecule has 0 aliphatic rings. The van der Waals surface area contributed by atoms with Crippen molar-refractivity contribution in [1.29, 1.82) is 0 Å². The quantitative estimate of drug-likeness (QED) is 0.764. The third-order valence-corrected chi connectivity index (χ3v) is 2.31. The Kier molecular flexibility index (Phi) is 2.44. The number of halogens is 1. The van der Waals surface area contributed by atoms with E-state index in [-0.39, 0.29) is 11.8 Å². The van der Waals surface area contributed by atoms with Gasteiger partial charge < -0.3 is 11.5 Å². The van der Waals surface area contributed by atoms with E-state index < -0.39 is 0 Å². The molecule has 16 heavy (non-hydrogen) atoms. The van der Waals surface area contributed by atoms with Gasteiger partial charge in [-0.1, -0.05) is 6.07 Å². The van der Waals surface area contributed by atoms with Crippen molar-refractivity contribution >= 4 is 11.8 Å². The highest BCUT2D eigenvalue weighted by atomic mass is 19.1. The number of nitrogen functional groups attached to an aromatic ring is 2. The molecule has 1 aromatic carbocycles. The van der Waals surface area contributed by atoms with E-state index in [2.05, 4.69) is 9.97 Å². The van der Waals surface area contributed by atoms with Gasteiger partial charge in [0.25, 0.3) is 0 Å². The van der Waals surface area contributed by atoms with Crippen LogP contribution >= 0.6 is 0 Å². The number of hydrogen-bond acceptors (Lipinski definition) is 4. The average molecular weight is 218 g/mol. The fourth-order valence-electron chi connectivity index (χ4n) is 1.44. The first-order valence-corrected chi connectivity index (χ1v) is 4.72. The Morgan fingerprint density at radius 2 is 2.00 bits per heavy atom. The van der Waals surface area contributed by atoms with Crippen molar-refractivity contribution in [3.05, 3.63) is 35.8 Å². The molecule has 0 aliphatic heterocycles. The van der Waals surface area contributed by atoms with Crippen molar-refractivity contribution in [2.75, 3.05) is 11.5 Å². The minimum absolute atomic E-state index is 0.125. The van der Waals surface area contributed by atoms with Gasteiger partial charge in [-0.15, -0.1) is 0 Å². The number of aromatic nitrogens is 2. The zero-order chi connectivity index (χ0) is 11.7. The Labute approximate surface area is 92.1 Å². The molecule has 1 heterocycles. The zero-order valence-corrected chi connectivity index (χ0v) is 8.74. The zero-order valence-electron chi connectivity index (χ0n) is 8.74. The SMILES string of the molecule is Cc1cc(-c2cnc(N)nc2N)ccc1F. The Morgan fingerprint density at radius 1 is 1.25 bits per heavy atom. The fourth-order valence-corrected chi connectivity index (χ4v) is 1.44. The Hall–Kier alpha value is -2.17. The lowest BCUT2D eigenvalue weighted by molar-refractivity contribution is 0.619. The molecule has 2 rings (SSSR count). The maximum atomic E-state index is 13.1.